The van der Waals surface area contributed by atoms with Gasteiger partial charge in [-0.15, -0.1) is 11.3 Å². The fourth-order valence-electron chi connectivity index (χ4n) is 2.88. The fraction of sp³-hybridized carbons (Fsp3) is 0.438. The molecule has 0 spiro atoms. The molecule has 0 radical (unpaired) electrons. The molecule has 1 fully saturated rings. The number of hydrogen-bond acceptors (Lipinski definition) is 4. The molecular formula is C16H22N3OS+. The van der Waals surface area contributed by atoms with Crippen LogP contribution in [0.15, 0.2) is 35.7 Å². The van der Waals surface area contributed by atoms with Gasteiger partial charge < -0.3 is 15.0 Å². The number of thiazole rings is 1. The van der Waals surface area contributed by atoms with Crippen LogP contribution in [0.4, 0.5) is 10.8 Å². The quantitative estimate of drug-likeness (QED) is 0.908. The van der Waals surface area contributed by atoms with E-state index in [9.17, 15) is 0 Å². The predicted octanol–water partition coefficient (Wildman–Crippen LogP) is 2.08. The van der Waals surface area contributed by atoms with E-state index < -0.39 is 0 Å². The van der Waals surface area contributed by atoms with Gasteiger partial charge in [0.2, 0.25) is 0 Å². The van der Waals surface area contributed by atoms with E-state index in [-0.39, 0.29) is 0 Å². The smallest absolute Gasteiger partial charge is 0.187 e. The normalized spacial score (nSPS) is 25.7. The number of ether oxygens (including phenoxy) is 1. The van der Waals surface area contributed by atoms with Crippen LogP contribution in [0.25, 0.3) is 0 Å². The van der Waals surface area contributed by atoms with Crippen LogP contribution in [0, 0.1) is 0 Å². The summed E-state index contributed by atoms with van der Waals surface area (Å²) in [6.07, 6.45) is 0.675. The van der Waals surface area contributed by atoms with E-state index in [1.807, 2.05) is 18.2 Å². The molecule has 0 unspecified atom stereocenters. The summed E-state index contributed by atoms with van der Waals surface area (Å²) in [4.78, 5) is 6.25. The Labute approximate surface area is 129 Å². The second-order valence-electron chi connectivity index (χ2n) is 5.73. The van der Waals surface area contributed by atoms with Crippen LogP contribution < -0.4 is 10.2 Å². The molecule has 1 saturated heterocycles. The van der Waals surface area contributed by atoms with E-state index in [0.717, 1.165) is 36.1 Å². The lowest BCUT2D eigenvalue weighted by Gasteiger charge is -2.31. The maximum Gasteiger partial charge on any atom is 0.187 e. The van der Waals surface area contributed by atoms with Crippen LogP contribution >= 0.6 is 11.3 Å². The molecule has 3 rings (SSSR count). The summed E-state index contributed by atoms with van der Waals surface area (Å²) in [5.41, 5.74) is 2.24. The lowest BCUT2D eigenvalue weighted by atomic mass is 10.2. The molecule has 112 valence electrons. The van der Waals surface area contributed by atoms with Gasteiger partial charge in [-0.1, -0.05) is 18.2 Å². The summed E-state index contributed by atoms with van der Waals surface area (Å²) in [5.74, 6) is 0. The van der Waals surface area contributed by atoms with Gasteiger partial charge in [0.15, 0.2) is 5.13 Å². The highest BCUT2D eigenvalue weighted by Crippen LogP contribution is 2.20. The molecule has 5 heteroatoms. The van der Waals surface area contributed by atoms with Crippen molar-refractivity contribution in [1.29, 1.82) is 0 Å². The molecule has 2 heterocycles. The second kappa shape index (κ2) is 6.56. The number of rotatable bonds is 4. The molecule has 2 N–H and O–H groups in total. The Morgan fingerprint density at radius 3 is 2.67 bits per heavy atom. The first kappa shape index (κ1) is 14.5. The van der Waals surface area contributed by atoms with E-state index in [1.165, 1.54) is 0 Å². The Hall–Kier alpha value is -1.43. The summed E-state index contributed by atoms with van der Waals surface area (Å²) in [6.45, 7) is 7.40. The average molecular weight is 304 g/mol. The van der Waals surface area contributed by atoms with Crippen molar-refractivity contribution in [2.45, 2.75) is 32.6 Å². The third-order valence-corrected chi connectivity index (χ3v) is 4.43. The summed E-state index contributed by atoms with van der Waals surface area (Å²) in [5, 5.41) is 6.47. The summed E-state index contributed by atoms with van der Waals surface area (Å²) in [6, 6.07) is 10.2. The highest BCUT2D eigenvalue weighted by molar-refractivity contribution is 7.13. The van der Waals surface area contributed by atoms with Crippen molar-refractivity contribution < 1.29 is 9.64 Å². The Bertz CT molecular complexity index is 562. The Kier molecular flexibility index (Phi) is 4.53. The number of hydrogen-bond donors (Lipinski definition) is 2. The lowest BCUT2D eigenvalue weighted by molar-refractivity contribution is -0.928. The summed E-state index contributed by atoms with van der Waals surface area (Å²) < 4.78 is 5.79. The maximum absolute atomic E-state index is 5.79. The number of morpholine rings is 1. The zero-order valence-electron chi connectivity index (χ0n) is 12.5. The van der Waals surface area contributed by atoms with Gasteiger partial charge in [-0.3, -0.25) is 0 Å². The van der Waals surface area contributed by atoms with Gasteiger partial charge in [-0.05, 0) is 26.0 Å². The van der Waals surface area contributed by atoms with E-state index in [0.29, 0.717) is 12.2 Å². The number of anilines is 2. The molecule has 0 bridgehead atoms. The SMILES string of the molecule is C[C@@H]1C[NH+](Cc2csc(Nc3ccccc3)n2)C[C@@H](C)O1. The number of para-hydroxylation sites is 1. The van der Waals surface area contributed by atoms with Crippen molar-refractivity contribution in [2.75, 3.05) is 18.4 Å². The van der Waals surface area contributed by atoms with Crippen LogP contribution in [0.2, 0.25) is 0 Å². The highest BCUT2D eigenvalue weighted by Gasteiger charge is 2.26. The maximum atomic E-state index is 5.79. The Balaban J connectivity index is 1.60. The predicted molar refractivity (Wildman–Crippen MR) is 86.2 cm³/mol. The Morgan fingerprint density at radius 1 is 1.24 bits per heavy atom. The molecule has 0 aliphatic carbocycles. The van der Waals surface area contributed by atoms with Crippen molar-refractivity contribution >= 4 is 22.2 Å². The summed E-state index contributed by atoms with van der Waals surface area (Å²) >= 11 is 1.67. The fourth-order valence-corrected chi connectivity index (χ4v) is 3.61. The third kappa shape index (κ3) is 4.03. The summed E-state index contributed by atoms with van der Waals surface area (Å²) in [7, 11) is 0. The molecule has 0 saturated carbocycles. The molecular weight excluding hydrogens is 282 g/mol. The first-order valence-electron chi connectivity index (χ1n) is 7.44. The van der Waals surface area contributed by atoms with Crippen LogP contribution in [-0.2, 0) is 11.3 Å². The molecule has 1 aliphatic heterocycles. The number of aromatic nitrogens is 1. The lowest BCUT2D eigenvalue weighted by Crippen LogP contribution is -3.14. The van der Waals surface area contributed by atoms with Gasteiger partial charge in [0.25, 0.3) is 0 Å². The van der Waals surface area contributed by atoms with E-state index >= 15 is 0 Å². The molecule has 2 aromatic rings. The largest absolute Gasteiger partial charge is 0.364 e. The minimum absolute atomic E-state index is 0.337. The highest BCUT2D eigenvalue weighted by atomic mass is 32.1. The van der Waals surface area contributed by atoms with Gasteiger partial charge in [0.1, 0.15) is 37.5 Å². The molecule has 0 amide bonds. The van der Waals surface area contributed by atoms with Gasteiger partial charge in [-0.25, -0.2) is 4.98 Å². The van der Waals surface area contributed by atoms with Crippen molar-refractivity contribution in [3.05, 3.63) is 41.4 Å². The number of quaternary nitrogens is 1. The number of benzene rings is 1. The van der Waals surface area contributed by atoms with E-state index in [4.69, 9.17) is 9.72 Å². The first-order valence-corrected chi connectivity index (χ1v) is 8.32. The van der Waals surface area contributed by atoms with Crippen LogP contribution in [0.5, 0.6) is 0 Å². The zero-order chi connectivity index (χ0) is 14.7. The van der Waals surface area contributed by atoms with Crippen LogP contribution in [-0.4, -0.2) is 30.3 Å². The third-order valence-electron chi connectivity index (χ3n) is 3.62. The monoisotopic (exact) mass is 304 g/mol. The molecule has 1 aliphatic rings. The van der Waals surface area contributed by atoms with E-state index in [2.05, 4.69) is 36.7 Å². The topological polar surface area (TPSA) is 38.6 Å². The van der Waals surface area contributed by atoms with Crippen LogP contribution in [0.1, 0.15) is 19.5 Å². The first-order chi connectivity index (χ1) is 10.2. The molecule has 1 aromatic heterocycles. The molecule has 1 aromatic carbocycles. The molecule has 21 heavy (non-hydrogen) atoms. The zero-order valence-corrected chi connectivity index (χ0v) is 13.3. The average Bonchev–Trinajstić information content (AvgIpc) is 2.86. The van der Waals surface area contributed by atoms with Gasteiger partial charge in [0.05, 0.1) is 0 Å². The van der Waals surface area contributed by atoms with Gasteiger partial charge >= 0.3 is 0 Å². The van der Waals surface area contributed by atoms with Crippen molar-refractivity contribution in [2.24, 2.45) is 0 Å². The molecule has 4 nitrogen and oxygen atoms in total. The minimum Gasteiger partial charge on any atom is -0.364 e. The minimum atomic E-state index is 0.337. The molecule has 2 atom stereocenters. The van der Waals surface area contributed by atoms with Crippen LogP contribution in [0.3, 0.4) is 0 Å². The van der Waals surface area contributed by atoms with Crippen molar-refractivity contribution in [3.63, 3.8) is 0 Å². The van der Waals surface area contributed by atoms with Crippen molar-refractivity contribution in [3.8, 4) is 0 Å². The van der Waals surface area contributed by atoms with Gasteiger partial charge in [-0.2, -0.15) is 0 Å². The Morgan fingerprint density at radius 2 is 1.95 bits per heavy atom. The van der Waals surface area contributed by atoms with Crippen molar-refractivity contribution in [1.82, 2.24) is 4.98 Å². The second-order valence-corrected chi connectivity index (χ2v) is 6.59. The van der Waals surface area contributed by atoms with E-state index in [1.54, 1.807) is 16.2 Å². The standard InChI is InChI=1S/C16H21N3OS/c1-12-8-19(9-13(2)20-12)10-15-11-21-16(18-15)17-14-6-4-3-5-7-14/h3-7,11-13H,8-10H2,1-2H3,(H,17,18)/p+1/t12-,13-/m1/s1. The van der Waals surface area contributed by atoms with Gasteiger partial charge in [0, 0.05) is 11.1 Å². The number of nitrogens with one attached hydrogen (secondary N) is 2. The number of nitrogens with zero attached hydrogens (tertiary/aromatic N) is 1.